The van der Waals surface area contributed by atoms with Crippen molar-refractivity contribution in [2.24, 2.45) is 0 Å². The zero-order chi connectivity index (χ0) is 20.4. The number of unbranched alkanes of at least 4 members (excludes halogenated alkanes) is 1. The number of hydrogen-bond acceptors (Lipinski definition) is 4. The molecule has 7 heteroatoms. The van der Waals surface area contributed by atoms with Gasteiger partial charge in [0.2, 0.25) is 0 Å². The van der Waals surface area contributed by atoms with Gasteiger partial charge in [0.15, 0.2) is 6.61 Å². The van der Waals surface area contributed by atoms with E-state index < -0.39 is 11.8 Å². The maximum absolute atomic E-state index is 12.4. The van der Waals surface area contributed by atoms with E-state index >= 15 is 0 Å². The molecule has 0 spiro atoms. The Bertz CT molecular complexity index is 793. The van der Waals surface area contributed by atoms with Crippen molar-refractivity contribution in [3.63, 3.8) is 0 Å². The van der Waals surface area contributed by atoms with Crippen LogP contribution in [0.5, 0.6) is 11.5 Å². The maximum Gasteiger partial charge on any atom is 0.276 e. The van der Waals surface area contributed by atoms with Gasteiger partial charge in [-0.25, -0.2) is 0 Å². The molecule has 0 aliphatic heterocycles. The predicted octanol–water partition coefficient (Wildman–Crippen LogP) is 4.03. The van der Waals surface area contributed by atoms with Gasteiger partial charge in [-0.05, 0) is 48.7 Å². The molecule has 6 nitrogen and oxygen atoms in total. The van der Waals surface area contributed by atoms with Crippen LogP contribution < -0.4 is 20.3 Å². The minimum absolute atomic E-state index is 0.204. The summed E-state index contributed by atoms with van der Waals surface area (Å²) in [5.74, 6) is 0.137. The first-order valence-corrected chi connectivity index (χ1v) is 10.1. The molecule has 0 unspecified atom stereocenters. The van der Waals surface area contributed by atoms with Gasteiger partial charge in [0.1, 0.15) is 11.5 Å². The van der Waals surface area contributed by atoms with Gasteiger partial charge in [-0.3, -0.25) is 20.4 Å². The molecule has 0 saturated heterocycles. The predicted molar refractivity (Wildman–Crippen MR) is 111 cm³/mol. The van der Waals surface area contributed by atoms with Crippen LogP contribution in [0.25, 0.3) is 0 Å². The molecule has 0 heterocycles. The van der Waals surface area contributed by atoms with Gasteiger partial charge in [-0.15, -0.1) is 0 Å². The molecule has 0 radical (unpaired) electrons. The monoisotopic (exact) mass is 448 g/mol. The van der Waals surface area contributed by atoms with Crippen molar-refractivity contribution < 1.29 is 19.1 Å². The molecule has 150 valence electrons. The van der Waals surface area contributed by atoms with E-state index in [4.69, 9.17) is 9.47 Å². The fourth-order valence-corrected chi connectivity index (χ4v) is 2.69. The van der Waals surface area contributed by atoms with Crippen molar-refractivity contribution in [1.82, 2.24) is 10.9 Å². The molecule has 28 heavy (non-hydrogen) atoms. The smallest absolute Gasteiger partial charge is 0.276 e. The van der Waals surface area contributed by atoms with Crippen LogP contribution in [0.2, 0.25) is 0 Å². The number of carbonyl (C=O) groups is 2. The van der Waals surface area contributed by atoms with Crippen molar-refractivity contribution in [1.29, 1.82) is 0 Å². The first-order chi connectivity index (χ1) is 13.5. The van der Waals surface area contributed by atoms with Crippen molar-refractivity contribution >= 4 is 27.7 Å². The lowest BCUT2D eigenvalue weighted by Crippen LogP contribution is -2.44. The highest BCUT2D eigenvalue weighted by atomic mass is 79.9. The Morgan fingerprint density at radius 2 is 1.75 bits per heavy atom. The third-order valence-electron chi connectivity index (χ3n) is 3.96. The second-order valence-corrected chi connectivity index (χ2v) is 7.05. The number of ether oxygens (including phenoxy) is 2. The minimum Gasteiger partial charge on any atom is -0.493 e. The summed E-state index contributed by atoms with van der Waals surface area (Å²) in [5.41, 5.74) is 6.27. The second kappa shape index (κ2) is 11.3. The molecule has 2 N–H and O–H groups in total. The first-order valence-electron chi connectivity index (χ1n) is 9.26. The maximum atomic E-state index is 12.4. The summed E-state index contributed by atoms with van der Waals surface area (Å²) in [4.78, 5) is 24.4. The lowest BCUT2D eigenvalue weighted by Gasteiger charge is -2.13. The van der Waals surface area contributed by atoms with Crippen LogP contribution in [0.15, 0.2) is 46.9 Å². The first kappa shape index (κ1) is 21.8. The Morgan fingerprint density at radius 3 is 2.43 bits per heavy atom. The second-order valence-electron chi connectivity index (χ2n) is 6.13. The molecular weight excluding hydrogens is 424 g/mol. The van der Waals surface area contributed by atoms with E-state index in [-0.39, 0.29) is 6.61 Å². The van der Waals surface area contributed by atoms with Gasteiger partial charge in [0.05, 0.1) is 12.2 Å². The van der Waals surface area contributed by atoms with Gasteiger partial charge in [-0.1, -0.05) is 48.3 Å². The molecule has 2 aromatic rings. The van der Waals surface area contributed by atoms with Crippen LogP contribution in [0.3, 0.4) is 0 Å². The fourth-order valence-electron chi connectivity index (χ4n) is 2.33. The summed E-state index contributed by atoms with van der Waals surface area (Å²) in [6.07, 6.45) is 2.83. The van der Waals surface area contributed by atoms with Gasteiger partial charge >= 0.3 is 0 Å². The summed E-state index contributed by atoms with van der Waals surface area (Å²) in [7, 11) is 0. The molecule has 0 aromatic heterocycles. The Hall–Kier alpha value is -2.54. The summed E-state index contributed by atoms with van der Waals surface area (Å²) < 4.78 is 11.8. The fraction of sp³-hybridized carbons (Fsp3) is 0.333. The summed E-state index contributed by atoms with van der Waals surface area (Å²) in [6, 6.07) is 12.7. The lowest BCUT2D eigenvalue weighted by atomic mass is 10.2. The standard InChI is InChI=1S/C21H25BrN2O4/c1-3-5-12-27-19-11-8-16(22)13-18(19)21(26)24-23-20(25)14-28-17-9-6-15(4-2)7-10-17/h6-11,13H,3-5,12,14H2,1-2H3,(H,23,25)(H,24,26). The number of carbonyl (C=O) groups excluding carboxylic acids is 2. The summed E-state index contributed by atoms with van der Waals surface area (Å²) in [6.45, 7) is 4.45. The molecule has 0 aliphatic carbocycles. The van der Waals surface area contributed by atoms with E-state index in [0.717, 1.165) is 23.7 Å². The van der Waals surface area contributed by atoms with E-state index in [1.165, 1.54) is 5.56 Å². The molecule has 0 bridgehead atoms. The van der Waals surface area contributed by atoms with Gasteiger partial charge in [0.25, 0.3) is 11.8 Å². The quantitative estimate of drug-likeness (QED) is 0.448. The number of aryl methyl sites for hydroxylation is 1. The highest BCUT2D eigenvalue weighted by molar-refractivity contribution is 9.10. The number of hydrazine groups is 1. The number of halogens is 1. The van der Waals surface area contributed by atoms with Crippen molar-refractivity contribution in [2.75, 3.05) is 13.2 Å². The normalized spacial score (nSPS) is 10.2. The highest BCUT2D eigenvalue weighted by Gasteiger charge is 2.14. The molecule has 0 saturated carbocycles. The van der Waals surface area contributed by atoms with Crippen molar-refractivity contribution in [2.45, 2.75) is 33.1 Å². The van der Waals surface area contributed by atoms with Crippen LogP contribution >= 0.6 is 15.9 Å². The zero-order valence-electron chi connectivity index (χ0n) is 16.1. The van der Waals surface area contributed by atoms with E-state index in [0.29, 0.717) is 23.7 Å². The van der Waals surface area contributed by atoms with E-state index in [1.807, 2.05) is 24.3 Å². The minimum atomic E-state index is -0.464. The molecule has 0 atom stereocenters. The van der Waals surface area contributed by atoms with Crippen LogP contribution in [0.4, 0.5) is 0 Å². The molecule has 2 amide bonds. The number of rotatable bonds is 9. The highest BCUT2D eigenvalue weighted by Crippen LogP contribution is 2.23. The summed E-state index contributed by atoms with van der Waals surface area (Å²) in [5, 5.41) is 0. The zero-order valence-corrected chi connectivity index (χ0v) is 17.7. The Labute approximate surface area is 173 Å². The Kier molecular flexibility index (Phi) is 8.81. The van der Waals surface area contributed by atoms with Gasteiger partial charge in [-0.2, -0.15) is 0 Å². The lowest BCUT2D eigenvalue weighted by molar-refractivity contribution is -0.123. The molecule has 0 aliphatic rings. The number of nitrogens with one attached hydrogen (secondary N) is 2. The summed E-state index contributed by atoms with van der Waals surface area (Å²) >= 11 is 3.34. The van der Waals surface area contributed by atoms with E-state index in [2.05, 4.69) is 40.6 Å². The third-order valence-corrected chi connectivity index (χ3v) is 4.45. The SMILES string of the molecule is CCCCOc1ccc(Br)cc1C(=O)NNC(=O)COc1ccc(CC)cc1. The number of benzene rings is 2. The van der Waals surface area contributed by atoms with E-state index in [9.17, 15) is 9.59 Å². The molecule has 0 fully saturated rings. The van der Waals surface area contributed by atoms with Crippen LogP contribution in [0, 0.1) is 0 Å². The number of amides is 2. The largest absolute Gasteiger partial charge is 0.493 e. The molecule has 2 rings (SSSR count). The molecule has 2 aromatic carbocycles. The van der Waals surface area contributed by atoms with Crippen LogP contribution in [-0.2, 0) is 11.2 Å². The Morgan fingerprint density at radius 1 is 1.00 bits per heavy atom. The average Bonchev–Trinajstić information content (AvgIpc) is 2.72. The molecular formula is C21H25BrN2O4. The van der Waals surface area contributed by atoms with Gasteiger partial charge < -0.3 is 9.47 Å². The number of hydrogen-bond donors (Lipinski definition) is 2. The van der Waals surface area contributed by atoms with E-state index in [1.54, 1.807) is 18.2 Å². The van der Waals surface area contributed by atoms with Crippen LogP contribution in [0.1, 0.15) is 42.6 Å². The third kappa shape index (κ3) is 6.88. The van der Waals surface area contributed by atoms with Gasteiger partial charge in [0, 0.05) is 4.47 Å². The van der Waals surface area contributed by atoms with Crippen LogP contribution in [-0.4, -0.2) is 25.0 Å². The van der Waals surface area contributed by atoms with Crippen molar-refractivity contribution in [3.8, 4) is 11.5 Å². The van der Waals surface area contributed by atoms with Crippen molar-refractivity contribution in [3.05, 3.63) is 58.1 Å². The Balaban J connectivity index is 1.86. The average molecular weight is 449 g/mol. The topological polar surface area (TPSA) is 76.7 Å².